The van der Waals surface area contributed by atoms with Gasteiger partial charge in [0.05, 0.1) is 5.02 Å². The van der Waals surface area contributed by atoms with E-state index < -0.39 is 6.03 Å². The number of hydrogen-bond donors (Lipinski definition) is 3. The Kier molecular flexibility index (Phi) is 7.36. The summed E-state index contributed by atoms with van der Waals surface area (Å²) in [6, 6.07) is 13.7. The average molecular weight is 465 g/mol. The van der Waals surface area contributed by atoms with Crippen molar-refractivity contribution < 1.29 is 9.59 Å². The van der Waals surface area contributed by atoms with Crippen LogP contribution in [-0.4, -0.2) is 41.5 Å². The highest BCUT2D eigenvalue weighted by atomic mass is 35.5. The number of hydrogen-bond acceptors (Lipinski definition) is 5. The molecule has 3 aromatic rings. The molecule has 0 bridgehead atoms. The number of amides is 3. The first kappa shape index (κ1) is 22.5. The van der Waals surface area contributed by atoms with Gasteiger partial charge in [0.15, 0.2) is 0 Å². The number of carbonyl (C=O) groups is 2. The molecule has 1 saturated heterocycles. The third-order valence-electron chi connectivity index (χ3n) is 5.55. The summed E-state index contributed by atoms with van der Waals surface area (Å²) < 4.78 is 0. The maximum atomic E-state index is 12.7. The van der Waals surface area contributed by atoms with Gasteiger partial charge < -0.3 is 15.5 Å². The van der Waals surface area contributed by atoms with Crippen molar-refractivity contribution in [1.29, 1.82) is 0 Å². The predicted molar refractivity (Wildman–Crippen MR) is 130 cm³/mol. The molecule has 4 rings (SSSR count). The fourth-order valence-corrected chi connectivity index (χ4v) is 3.87. The summed E-state index contributed by atoms with van der Waals surface area (Å²) in [5.74, 6) is 0.654. The van der Waals surface area contributed by atoms with Crippen LogP contribution in [0.3, 0.4) is 0 Å². The minimum atomic E-state index is -0.455. The highest BCUT2D eigenvalue weighted by molar-refractivity contribution is 6.30. The molecule has 0 spiro atoms. The van der Waals surface area contributed by atoms with E-state index in [-0.39, 0.29) is 5.91 Å². The fourth-order valence-electron chi connectivity index (χ4n) is 3.76. The summed E-state index contributed by atoms with van der Waals surface area (Å²) in [4.78, 5) is 35.3. The summed E-state index contributed by atoms with van der Waals surface area (Å²) in [7, 11) is 0. The van der Waals surface area contributed by atoms with E-state index in [0.717, 1.165) is 25.9 Å². The number of aromatic nitrogens is 2. The van der Waals surface area contributed by atoms with Crippen molar-refractivity contribution >= 4 is 40.7 Å². The molecular weight excluding hydrogens is 440 g/mol. The molecule has 2 aromatic heterocycles. The van der Waals surface area contributed by atoms with Gasteiger partial charge >= 0.3 is 6.03 Å². The first-order chi connectivity index (χ1) is 16.1. The van der Waals surface area contributed by atoms with Crippen molar-refractivity contribution in [3.05, 3.63) is 77.7 Å². The van der Waals surface area contributed by atoms with E-state index in [2.05, 4.69) is 30.8 Å². The molecule has 0 radical (unpaired) electrons. The predicted octanol–water partition coefficient (Wildman–Crippen LogP) is 4.42. The third kappa shape index (κ3) is 6.43. The maximum Gasteiger partial charge on any atom is 0.324 e. The molecule has 1 aliphatic rings. The van der Waals surface area contributed by atoms with Crippen LogP contribution in [0.25, 0.3) is 0 Å². The lowest BCUT2D eigenvalue weighted by atomic mass is 9.96. The quantitative estimate of drug-likeness (QED) is 0.501. The average Bonchev–Trinajstić information content (AvgIpc) is 2.85. The Morgan fingerprint density at radius 3 is 2.55 bits per heavy atom. The molecular formula is C24H25ClN6O2. The standard InChI is InChI=1S/C24H25ClN6O2/c25-19-4-5-22(27-16-19)30-24(33)29-20-3-1-2-18(14-20)23(32)28-15-17-8-12-31(13-9-17)21-6-10-26-11-7-21/h1-7,10-11,14,16-17H,8-9,12-13,15H2,(H,28,32)(H2,27,29,30,33). The van der Waals surface area contributed by atoms with Crippen molar-refractivity contribution in [2.24, 2.45) is 5.92 Å². The zero-order chi connectivity index (χ0) is 23.0. The smallest absolute Gasteiger partial charge is 0.324 e. The minimum Gasteiger partial charge on any atom is -0.371 e. The van der Waals surface area contributed by atoms with Gasteiger partial charge in [0, 0.05) is 55.2 Å². The lowest BCUT2D eigenvalue weighted by molar-refractivity contribution is 0.0945. The van der Waals surface area contributed by atoms with E-state index in [1.54, 1.807) is 36.4 Å². The molecule has 170 valence electrons. The van der Waals surface area contributed by atoms with Gasteiger partial charge in [-0.15, -0.1) is 0 Å². The highest BCUT2D eigenvalue weighted by Crippen LogP contribution is 2.22. The SMILES string of the molecule is O=C(Nc1cccc(C(=O)NCC2CCN(c3ccncc3)CC2)c1)Nc1ccc(Cl)cn1. The van der Waals surface area contributed by atoms with Crippen LogP contribution in [0.2, 0.25) is 5.02 Å². The van der Waals surface area contributed by atoms with Gasteiger partial charge in [-0.3, -0.25) is 15.1 Å². The summed E-state index contributed by atoms with van der Waals surface area (Å²) in [5, 5.41) is 8.85. The van der Waals surface area contributed by atoms with Crippen LogP contribution in [-0.2, 0) is 0 Å². The molecule has 1 fully saturated rings. The Balaban J connectivity index is 1.25. The number of carbonyl (C=O) groups excluding carboxylic acids is 2. The maximum absolute atomic E-state index is 12.7. The molecule has 0 unspecified atom stereocenters. The summed E-state index contributed by atoms with van der Waals surface area (Å²) in [6.07, 6.45) is 7.10. The zero-order valence-corrected chi connectivity index (χ0v) is 18.8. The van der Waals surface area contributed by atoms with E-state index in [1.807, 2.05) is 24.5 Å². The number of halogens is 1. The number of benzene rings is 1. The monoisotopic (exact) mass is 464 g/mol. The molecule has 3 N–H and O–H groups in total. The van der Waals surface area contributed by atoms with Crippen LogP contribution < -0.4 is 20.9 Å². The van der Waals surface area contributed by atoms with Crippen molar-refractivity contribution in [2.45, 2.75) is 12.8 Å². The van der Waals surface area contributed by atoms with Crippen molar-refractivity contribution in [1.82, 2.24) is 15.3 Å². The zero-order valence-electron chi connectivity index (χ0n) is 18.0. The largest absolute Gasteiger partial charge is 0.371 e. The molecule has 1 aromatic carbocycles. The van der Waals surface area contributed by atoms with Gasteiger partial charge in [0.25, 0.3) is 5.91 Å². The van der Waals surface area contributed by atoms with Crippen molar-refractivity contribution in [3.8, 4) is 0 Å². The van der Waals surface area contributed by atoms with E-state index in [0.29, 0.717) is 34.6 Å². The second-order valence-electron chi connectivity index (χ2n) is 7.87. The van der Waals surface area contributed by atoms with E-state index >= 15 is 0 Å². The summed E-state index contributed by atoms with van der Waals surface area (Å²) in [6.45, 7) is 2.55. The minimum absolute atomic E-state index is 0.157. The number of pyridine rings is 2. The number of nitrogens with zero attached hydrogens (tertiary/aromatic N) is 3. The van der Waals surface area contributed by atoms with Gasteiger partial charge in [0.1, 0.15) is 5.82 Å². The van der Waals surface area contributed by atoms with E-state index in [9.17, 15) is 9.59 Å². The number of rotatable bonds is 6. The van der Waals surface area contributed by atoms with Crippen LogP contribution in [0.15, 0.2) is 67.1 Å². The van der Waals surface area contributed by atoms with E-state index in [1.165, 1.54) is 11.9 Å². The van der Waals surface area contributed by atoms with Gasteiger partial charge in [-0.25, -0.2) is 9.78 Å². The van der Waals surface area contributed by atoms with Crippen molar-refractivity contribution in [3.63, 3.8) is 0 Å². The number of piperidine rings is 1. The molecule has 3 heterocycles. The van der Waals surface area contributed by atoms with Gasteiger partial charge in [0.2, 0.25) is 0 Å². The summed E-state index contributed by atoms with van der Waals surface area (Å²) in [5.41, 5.74) is 2.19. The van der Waals surface area contributed by atoms with Crippen LogP contribution in [0.5, 0.6) is 0 Å². The first-order valence-corrected chi connectivity index (χ1v) is 11.2. The number of anilines is 3. The number of nitrogens with one attached hydrogen (secondary N) is 3. The molecule has 0 saturated carbocycles. The molecule has 0 atom stereocenters. The highest BCUT2D eigenvalue weighted by Gasteiger charge is 2.20. The lowest BCUT2D eigenvalue weighted by Crippen LogP contribution is -2.38. The Morgan fingerprint density at radius 2 is 1.82 bits per heavy atom. The number of urea groups is 1. The normalized spacial score (nSPS) is 13.9. The second kappa shape index (κ2) is 10.8. The van der Waals surface area contributed by atoms with Gasteiger partial charge in [-0.1, -0.05) is 17.7 Å². The molecule has 9 heteroatoms. The van der Waals surface area contributed by atoms with Crippen LogP contribution in [0.1, 0.15) is 23.2 Å². The van der Waals surface area contributed by atoms with Crippen LogP contribution in [0, 0.1) is 5.92 Å². The second-order valence-corrected chi connectivity index (χ2v) is 8.30. The van der Waals surface area contributed by atoms with Gasteiger partial charge in [-0.05, 0) is 61.2 Å². The molecule has 8 nitrogen and oxygen atoms in total. The lowest BCUT2D eigenvalue weighted by Gasteiger charge is -2.33. The molecule has 0 aliphatic carbocycles. The fraction of sp³-hybridized carbons (Fsp3) is 0.250. The van der Waals surface area contributed by atoms with Crippen molar-refractivity contribution in [2.75, 3.05) is 35.2 Å². The topological polar surface area (TPSA) is 99.3 Å². The Labute approximate surface area is 197 Å². The first-order valence-electron chi connectivity index (χ1n) is 10.8. The molecule has 3 amide bonds. The Morgan fingerprint density at radius 1 is 1.03 bits per heavy atom. The van der Waals surface area contributed by atoms with E-state index in [4.69, 9.17) is 11.6 Å². The summed E-state index contributed by atoms with van der Waals surface area (Å²) >= 11 is 5.80. The Hall–Kier alpha value is -3.65. The Bertz CT molecular complexity index is 1090. The molecule has 1 aliphatic heterocycles. The molecule has 33 heavy (non-hydrogen) atoms. The van der Waals surface area contributed by atoms with Gasteiger partial charge in [-0.2, -0.15) is 0 Å². The third-order valence-corrected chi connectivity index (χ3v) is 5.77. The van der Waals surface area contributed by atoms with Crippen LogP contribution in [0.4, 0.5) is 22.0 Å². The van der Waals surface area contributed by atoms with Crippen LogP contribution >= 0.6 is 11.6 Å².